The fraction of sp³-hybridized carbons (Fsp3) is 0. The molecular weight excluding hydrogens is 278 g/mol. The van der Waals surface area contributed by atoms with E-state index in [2.05, 4.69) is 4.99 Å². The molecule has 0 bridgehead atoms. The van der Waals surface area contributed by atoms with Gasteiger partial charge < -0.3 is 5.11 Å². The molecule has 8 nitrogen and oxygen atoms in total. The van der Waals surface area contributed by atoms with Gasteiger partial charge in [-0.2, -0.15) is 0 Å². The van der Waals surface area contributed by atoms with Gasteiger partial charge >= 0.3 is 0 Å². The maximum Gasteiger partial charge on any atom is 0.273 e. The predicted octanol–water partition coefficient (Wildman–Crippen LogP) is 2.96. The minimum atomic E-state index is -0.624. The quantitative estimate of drug-likeness (QED) is 0.526. The van der Waals surface area contributed by atoms with Crippen LogP contribution in [-0.2, 0) is 0 Å². The molecule has 0 aromatic heterocycles. The van der Waals surface area contributed by atoms with Gasteiger partial charge in [-0.15, -0.1) is 0 Å². The van der Waals surface area contributed by atoms with E-state index in [1.54, 1.807) is 6.07 Å². The van der Waals surface area contributed by atoms with Crippen LogP contribution in [0.3, 0.4) is 0 Å². The monoisotopic (exact) mass is 287 g/mol. The van der Waals surface area contributed by atoms with Crippen LogP contribution in [0, 0.1) is 20.2 Å². The number of phenolic OH excluding ortho intramolecular Hbond substituents is 1. The molecule has 0 aliphatic rings. The van der Waals surface area contributed by atoms with Crippen LogP contribution in [0.5, 0.6) is 5.75 Å². The summed E-state index contributed by atoms with van der Waals surface area (Å²) in [6.45, 7) is 0. The number of hydrogen-bond donors (Lipinski definition) is 1. The van der Waals surface area contributed by atoms with Gasteiger partial charge in [0.2, 0.25) is 0 Å². The molecule has 8 heteroatoms. The number of aromatic hydroxyl groups is 1. The highest BCUT2D eigenvalue weighted by Crippen LogP contribution is 2.24. The third-order valence-corrected chi connectivity index (χ3v) is 2.62. The van der Waals surface area contributed by atoms with E-state index in [1.165, 1.54) is 36.5 Å². The van der Waals surface area contributed by atoms with Crippen molar-refractivity contribution < 1.29 is 15.0 Å². The Morgan fingerprint density at radius 1 is 1.00 bits per heavy atom. The Kier molecular flexibility index (Phi) is 3.89. The summed E-state index contributed by atoms with van der Waals surface area (Å²) in [5.74, 6) is -0.293. The SMILES string of the molecule is O=[N+]([O-])c1cccc(N=Cc2ccc([N+](=O)[O-])cc2O)c1. The van der Waals surface area contributed by atoms with Crippen molar-refractivity contribution in [3.8, 4) is 5.75 Å². The van der Waals surface area contributed by atoms with Gasteiger partial charge in [0, 0.05) is 30.0 Å². The Bertz CT molecular complexity index is 742. The molecule has 1 N–H and O–H groups in total. The molecule has 0 radical (unpaired) electrons. The standard InChI is InChI=1S/C13H9N3O5/c17-13-7-12(16(20)21)5-4-9(13)8-14-10-2-1-3-11(6-10)15(18)19/h1-8,17H. The number of benzene rings is 2. The van der Waals surface area contributed by atoms with Gasteiger partial charge in [-0.3, -0.25) is 25.2 Å². The molecule has 2 rings (SSSR count). The van der Waals surface area contributed by atoms with E-state index in [1.807, 2.05) is 0 Å². The van der Waals surface area contributed by atoms with Gasteiger partial charge in [0.05, 0.1) is 21.6 Å². The molecule has 0 aliphatic heterocycles. The van der Waals surface area contributed by atoms with Gasteiger partial charge in [0.25, 0.3) is 11.4 Å². The van der Waals surface area contributed by atoms with E-state index < -0.39 is 9.85 Å². The second kappa shape index (κ2) is 5.78. The topological polar surface area (TPSA) is 119 Å². The minimum absolute atomic E-state index is 0.0995. The molecule has 0 fully saturated rings. The number of aliphatic imine (C=N–C) groups is 1. The van der Waals surface area contributed by atoms with Gasteiger partial charge in [0.15, 0.2) is 0 Å². The normalized spacial score (nSPS) is 10.7. The van der Waals surface area contributed by atoms with Crippen molar-refractivity contribution in [1.29, 1.82) is 0 Å². The van der Waals surface area contributed by atoms with Crippen LogP contribution in [0.25, 0.3) is 0 Å². The number of phenols is 1. The molecule has 0 amide bonds. The lowest BCUT2D eigenvalue weighted by atomic mass is 10.2. The summed E-state index contributed by atoms with van der Waals surface area (Å²) in [5, 5.41) is 30.8. The fourth-order valence-corrected chi connectivity index (χ4v) is 1.59. The summed E-state index contributed by atoms with van der Waals surface area (Å²) in [4.78, 5) is 24.0. The van der Waals surface area contributed by atoms with Crippen LogP contribution in [-0.4, -0.2) is 21.2 Å². The summed E-state index contributed by atoms with van der Waals surface area (Å²) < 4.78 is 0. The molecule has 106 valence electrons. The van der Waals surface area contributed by atoms with E-state index in [-0.39, 0.29) is 22.7 Å². The zero-order chi connectivity index (χ0) is 15.4. The van der Waals surface area contributed by atoms with Crippen molar-refractivity contribution in [3.05, 3.63) is 68.3 Å². The van der Waals surface area contributed by atoms with Gasteiger partial charge in [-0.05, 0) is 12.1 Å². The third-order valence-electron chi connectivity index (χ3n) is 2.62. The lowest BCUT2D eigenvalue weighted by molar-refractivity contribution is -0.385. The largest absolute Gasteiger partial charge is 0.507 e. The first kappa shape index (κ1) is 14.1. The van der Waals surface area contributed by atoms with Crippen LogP contribution >= 0.6 is 0 Å². The summed E-state index contributed by atoms with van der Waals surface area (Å²) in [6, 6.07) is 9.24. The number of nitrogens with zero attached hydrogens (tertiary/aromatic N) is 3. The smallest absolute Gasteiger partial charge is 0.273 e. The van der Waals surface area contributed by atoms with Gasteiger partial charge in [-0.25, -0.2) is 0 Å². The fourth-order valence-electron chi connectivity index (χ4n) is 1.59. The molecule has 2 aromatic rings. The van der Waals surface area contributed by atoms with Crippen LogP contribution in [0.4, 0.5) is 17.1 Å². The molecule has 0 spiro atoms. The zero-order valence-electron chi connectivity index (χ0n) is 10.5. The number of rotatable bonds is 4. The molecular formula is C13H9N3O5. The minimum Gasteiger partial charge on any atom is -0.507 e. The number of nitro groups is 2. The zero-order valence-corrected chi connectivity index (χ0v) is 10.5. The van der Waals surface area contributed by atoms with Crippen molar-refractivity contribution >= 4 is 23.3 Å². The van der Waals surface area contributed by atoms with Crippen LogP contribution in [0.2, 0.25) is 0 Å². The van der Waals surface area contributed by atoms with E-state index in [4.69, 9.17) is 0 Å². The Morgan fingerprint density at radius 3 is 2.29 bits per heavy atom. The Morgan fingerprint density at radius 2 is 1.67 bits per heavy atom. The molecule has 0 saturated heterocycles. The molecule has 0 aliphatic carbocycles. The van der Waals surface area contributed by atoms with Crippen molar-refractivity contribution in [1.82, 2.24) is 0 Å². The Hall–Kier alpha value is -3.29. The van der Waals surface area contributed by atoms with E-state index in [9.17, 15) is 25.3 Å². The number of hydrogen-bond acceptors (Lipinski definition) is 6. The van der Waals surface area contributed by atoms with Crippen LogP contribution in [0.1, 0.15) is 5.56 Å². The molecule has 21 heavy (non-hydrogen) atoms. The molecule has 0 saturated carbocycles. The lowest BCUT2D eigenvalue weighted by Gasteiger charge is -1.99. The van der Waals surface area contributed by atoms with E-state index in [0.29, 0.717) is 5.69 Å². The summed E-state index contributed by atoms with van der Waals surface area (Å²) in [5.41, 5.74) is 0.270. The Labute approximate surface area is 118 Å². The first-order chi connectivity index (χ1) is 9.97. The maximum atomic E-state index is 10.6. The number of nitro benzene ring substituents is 2. The first-order valence-electron chi connectivity index (χ1n) is 5.73. The predicted molar refractivity (Wildman–Crippen MR) is 75.1 cm³/mol. The average molecular weight is 287 g/mol. The third kappa shape index (κ3) is 3.38. The Balaban J connectivity index is 2.27. The van der Waals surface area contributed by atoms with Crippen LogP contribution < -0.4 is 0 Å². The molecule has 2 aromatic carbocycles. The van der Waals surface area contributed by atoms with E-state index in [0.717, 1.165) is 6.07 Å². The highest BCUT2D eigenvalue weighted by atomic mass is 16.6. The lowest BCUT2D eigenvalue weighted by Crippen LogP contribution is -1.89. The second-order valence-electron chi connectivity index (χ2n) is 4.04. The molecule has 0 atom stereocenters. The first-order valence-corrected chi connectivity index (χ1v) is 5.73. The van der Waals surface area contributed by atoms with Crippen molar-refractivity contribution in [2.45, 2.75) is 0 Å². The summed E-state index contributed by atoms with van der Waals surface area (Å²) in [7, 11) is 0. The summed E-state index contributed by atoms with van der Waals surface area (Å²) in [6.07, 6.45) is 1.28. The van der Waals surface area contributed by atoms with Gasteiger partial charge in [0.1, 0.15) is 5.75 Å². The van der Waals surface area contributed by atoms with Gasteiger partial charge in [-0.1, -0.05) is 6.07 Å². The van der Waals surface area contributed by atoms with Crippen molar-refractivity contribution in [2.24, 2.45) is 4.99 Å². The summed E-state index contributed by atoms with van der Waals surface area (Å²) >= 11 is 0. The maximum absolute atomic E-state index is 10.6. The molecule has 0 heterocycles. The van der Waals surface area contributed by atoms with E-state index >= 15 is 0 Å². The second-order valence-corrected chi connectivity index (χ2v) is 4.04. The molecule has 0 unspecified atom stereocenters. The average Bonchev–Trinajstić information content (AvgIpc) is 2.46. The highest BCUT2D eigenvalue weighted by Gasteiger charge is 2.09. The number of non-ortho nitro benzene ring substituents is 2. The van der Waals surface area contributed by atoms with Crippen LogP contribution in [0.15, 0.2) is 47.5 Å². The highest BCUT2D eigenvalue weighted by molar-refractivity contribution is 5.86. The van der Waals surface area contributed by atoms with Crippen molar-refractivity contribution in [2.75, 3.05) is 0 Å². The van der Waals surface area contributed by atoms with Crippen molar-refractivity contribution in [3.63, 3.8) is 0 Å².